The van der Waals surface area contributed by atoms with Crippen molar-refractivity contribution in [2.45, 2.75) is 127 Å². The Bertz CT molecular complexity index is 2160. The Morgan fingerprint density at radius 3 is 1.44 bits per heavy atom. The maximum Gasteiger partial charge on any atom is 0.322 e. The molecule has 18 N–H and O–H groups in total. The van der Waals surface area contributed by atoms with Gasteiger partial charge in [0, 0.05) is 19.3 Å². The van der Waals surface area contributed by atoms with Crippen molar-refractivity contribution in [3.8, 4) is 5.75 Å². The van der Waals surface area contributed by atoms with E-state index >= 15 is 0 Å². The lowest BCUT2D eigenvalue weighted by Crippen LogP contribution is -2.61. The minimum Gasteiger partial charge on any atom is -0.508 e. The quantitative estimate of drug-likeness (QED) is 0.0309. The van der Waals surface area contributed by atoms with Crippen LogP contribution in [-0.4, -0.2) is 164 Å². The zero-order valence-corrected chi connectivity index (χ0v) is 41.7. The topological polar surface area (TPSA) is 477 Å². The second kappa shape index (κ2) is 31.7. The van der Waals surface area contributed by atoms with Crippen molar-refractivity contribution in [3.05, 3.63) is 29.8 Å². The number of carboxylic acids is 3. The molecule has 28 nitrogen and oxygen atoms in total. The van der Waals surface area contributed by atoms with E-state index < -0.39 is 182 Å². The monoisotopic (exact) mass is 1050 g/mol. The van der Waals surface area contributed by atoms with Gasteiger partial charge in [0.1, 0.15) is 54.6 Å². The normalized spacial score (nSPS) is 14.2. The molecule has 29 heteroatoms. The van der Waals surface area contributed by atoms with Crippen LogP contribution in [0.15, 0.2) is 24.3 Å². The van der Waals surface area contributed by atoms with Crippen molar-refractivity contribution >= 4 is 88.7 Å². The summed E-state index contributed by atoms with van der Waals surface area (Å²) in [6.07, 6.45) is -2.50. The molecule has 0 radical (unpaired) electrons. The van der Waals surface area contributed by atoms with E-state index in [1.54, 1.807) is 6.26 Å². The average Bonchev–Trinajstić information content (AvgIpc) is 3.29. The number of nitrogens with one attached hydrogen (secondary N) is 8. The van der Waals surface area contributed by atoms with Crippen molar-refractivity contribution in [2.24, 2.45) is 29.0 Å². The first kappa shape index (κ1) is 63.5. The zero-order chi connectivity index (χ0) is 55.7. The van der Waals surface area contributed by atoms with E-state index in [-0.39, 0.29) is 24.3 Å². The third-order valence-corrected chi connectivity index (χ3v) is 11.2. The summed E-state index contributed by atoms with van der Waals surface area (Å²) in [5, 5.41) is 56.4. The van der Waals surface area contributed by atoms with Crippen molar-refractivity contribution in [1.29, 1.82) is 0 Å². The van der Waals surface area contributed by atoms with E-state index in [1.165, 1.54) is 63.7 Å². The lowest BCUT2D eigenvalue weighted by molar-refractivity contribution is -0.142. The molecular weight excluding hydrogens is 987 g/mol. The molecule has 0 saturated heterocycles. The number of rotatable bonds is 34. The highest BCUT2D eigenvalue weighted by Crippen LogP contribution is 2.14. The largest absolute Gasteiger partial charge is 0.508 e. The number of carbonyl (C=O) groups excluding carboxylic acids is 10. The molecule has 1 aromatic rings. The number of hydrogen-bond donors (Lipinski definition) is 15. The lowest BCUT2D eigenvalue weighted by Gasteiger charge is -2.30. The molecule has 0 aliphatic carbocycles. The van der Waals surface area contributed by atoms with Gasteiger partial charge in [-0.2, -0.15) is 11.8 Å². The Morgan fingerprint density at radius 2 is 0.945 bits per heavy atom. The van der Waals surface area contributed by atoms with Crippen LogP contribution in [0.3, 0.4) is 0 Å². The fourth-order valence-corrected chi connectivity index (χ4v) is 7.05. The molecule has 10 amide bonds. The Labute approximate surface area is 423 Å². The second-order valence-electron chi connectivity index (χ2n) is 17.3. The Hall–Kier alpha value is -7.56. The number of primary amides is 2. The summed E-state index contributed by atoms with van der Waals surface area (Å²) < 4.78 is 0. The van der Waals surface area contributed by atoms with Gasteiger partial charge in [0.05, 0.1) is 18.9 Å². The molecule has 0 aromatic heterocycles. The fraction of sp³-hybridized carbons (Fsp3) is 0.568. The Balaban J connectivity index is 3.46. The molecule has 1 rings (SSSR count). The number of hydrogen-bond acceptors (Lipinski definition) is 16. The molecular formula is C44H67N11O17S. The van der Waals surface area contributed by atoms with Gasteiger partial charge in [0.15, 0.2) is 0 Å². The number of phenols is 1. The molecule has 1 aromatic carbocycles. The molecule has 0 bridgehead atoms. The number of carboxylic acid groups (broad SMARTS) is 3. The van der Waals surface area contributed by atoms with Gasteiger partial charge in [-0.05, 0) is 60.8 Å². The number of nitrogens with two attached hydrogens (primary N) is 3. The number of benzene rings is 1. The van der Waals surface area contributed by atoms with Gasteiger partial charge in [-0.15, -0.1) is 0 Å². The van der Waals surface area contributed by atoms with Crippen LogP contribution in [0.25, 0.3) is 0 Å². The van der Waals surface area contributed by atoms with Crippen molar-refractivity contribution in [2.75, 3.05) is 18.6 Å². The second-order valence-corrected chi connectivity index (χ2v) is 18.3. The highest BCUT2D eigenvalue weighted by atomic mass is 32.2. The first-order valence-electron chi connectivity index (χ1n) is 22.7. The first-order valence-corrected chi connectivity index (χ1v) is 24.1. The van der Waals surface area contributed by atoms with Crippen LogP contribution in [-0.2, 0) is 68.7 Å². The molecule has 0 aliphatic heterocycles. The number of phenolic OH excluding ortho intramolecular Hbond substituents is 1. The first-order chi connectivity index (χ1) is 34.1. The van der Waals surface area contributed by atoms with Gasteiger partial charge in [-0.1, -0.05) is 39.8 Å². The van der Waals surface area contributed by atoms with Gasteiger partial charge in [-0.3, -0.25) is 62.3 Å². The fourth-order valence-electron chi connectivity index (χ4n) is 6.58. The standard InChI is InChI=1S/C44H67N11O17S/c1-20(2)35(43(71)51-25(11-13-32(59)60)38(66)48-19-34(63)64)55-44(72)36(21(3)4)54-40(68)27(14-15-73-5)50-42(70)29(18-33(61)62)53-39(67)26(10-12-30(46)57)49-41(69)28(16-22-6-8-23(56)9-7-22)52-37(65)24(45)17-31(47)58/h6-9,20-21,24-29,35-36,56H,10-19,45H2,1-5H3,(H2,46,57)(H2,47,58)(H,48,66)(H,49,69)(H,50,70)(H,51,71)(H,52,65)(H,53,67)(H,54,68)(H,55,72)(H,59,60)(H,61,62)(H,63,64). The van der Waals surface area contributed by atoms with Crippen LogP contribution in [0.4, 0.5) is 0 Å². The van der Waals surface area contributed by atoms with Gasteiger partial charge in [-0.25, -0.2) is 0 Å². The molecule has 406 valence electrons. The molecule has 0 heterocycles. The molecule has 0 fully saturated rings. The summed E-state index contributed by atoms with van der Waals surface area (Å²) in [5.41, 5.74) is 16.6. The van der Waals surface area contributed by atoms with Crippen LogP contribution in [0.1, 0.15) is 78.2 Å². The van der Waals surface area contributed by atoms with E-state index in [4.69, 9.17) is 27.4 Å². The highest BCUT2D eigenvalue weighted by molar-refractivity contribution is 7.98. The summed E-state index contributed by atoms with van der Waals surface area (Å²) in [7, 11) is 0. The lowest BCUT2D eigenvalue weighted by atomic mass is 9.98. The van der Waals surface area contributed by atoms with Crippen molar-refractivity contribution in [3.63, 3.8) is 0 Å². The van der Waals surface area contributed by atoms with E-state index in [1.807, 2.05) is 0 Å². The Morgan fingerprint density at radius 1 is 0.507 bits per heavy atom. The molecule has 0 spiro atoms. The van der Waals surface area contributed by atoms with Crippen LogP contribution >= 0.6 is 11.8 Å². The number of thioether (sulfide) groups is 1. The average molecular weight is 1050 g/mol. The number of aromatic hydroxyl groups is 1. The van der Waals surface area contributed by atoms with Gasteiger partial charge >= 0.3 is 17.9 Å². The van der Waals surface area contributed by atoms with Crippen LogP contribution in [0.2, 0.25) is 0 Å². The van der Waals surface area contributed by atoms with E-state index in [9.17, 15) is 72.5 Å². The smallest absolute Gasteiger partial charge is 0.322 e. The minimum absolute atomic E-state index is 0.119. The Kier molecular flexibility index (Phi) is 27.6. The van der Waals surface area contributed by atoms with Crippen LogP contribution in [0.5, 0.6) is 5.75 Å². The summed E-state index contributed by atoms with van der Waals surface area (Å²) >= 11 is 1.24. The zero-order valence-electron chi connectivity index (χ0n) is 40.9. The van der Waals surface area contributed by atoms with Gasteiger partial charge in [0.25, 0.3) is 0 Å². The number of carbonyl (C=O) groups is 13. The van der Waals surface area contributed by atoms with Crippen LogP contribution in [0, 0.1) is 11.8 Å². The SMILES string of the molecule is CSCCC(NC(=O)C(CC(=O)O)NC(=O)C(CCC(N)=O)NC(=O)C(Cc1ccc(O)cc1)NC(=O)C(N)CC(N)=O)C(=O)NC(C(=O)NC(C(=O)NC(CCC(=O)O)C(=O)NCC(=O)O)C(C)C)C(C)C. The molecule has 73 heavy (non-hydrogen) atoms. The minimum atomic E-state index is -1.96. The summed E-state index contributed by atoms with van der Waals surface area (Å²) in [4.78, 5) is 166. The summed E-state index contributed by atoms with van der Waals surface area (Å²) in [6.45, 7) is 5.29. The highest BCUT2D eigenvalue weighted by Gasteiger charge is 2.37. The number of amides is 10. The molecule has 0 aliphatic rings. The third-order valence-electron chi connectivity index (χ3n) is 10.5. The van der Waals surface area contributed by atoms with Crippen LogP contribution < -0.4 is 59.7 Å². The number of aliphatic carboxylic acids is 3. The molecule has 0 saturated carbocycles. The van der Waals surface area contributed by atoms with Crippen molar-refractivity contribution in [1.82, 2.24) is 42.5 Å². The predicted molar refractivity (Wildman–Crippen MR) is 258 cm³/mol. The maximum atomic E-state index is 13.9. The van der Waals surface area contributed by atoms with E-state index in [2.05, 4.69) is 42.5 Å². The third kappa shape index (κ3) is 24.4. The predicted octanol–water partition coefficient (Wildman–Crippen LogP) is -4.60. The van der Waals surface area contributed by atoms with E-state index in [0.29, 0.717) is 5.56 Å². The van der Waals surface area contributed by atoms with Crippen molar-refractivity contribution < 1.29 is 82.8 Å². The molecule has 8 unspecified atom stereocenters. The van der Waals surface area contributed by atoms with Gasteiger partial charge in [0.2, 0.25) is 59.1 Å². The summed E-state index contributed by atoms with van der Waals surface area (Å²) in [5.74, 6) is -15.8. The maximum absolute atomic E-state index is 13.9. The van der Waals surface area contributed by atoms with Gasteiger partial charge < -0.3 is 80.2 Å². The molecule has 8 atom stereocenters. The van der Waals surface area contributed by atoms with E-state index in [0.717, 1.165) is 0 Å². The summed E-state index contributed by atoms with van der Waals surface area (Å²) in [6, 6.07) is -7.16.